The number of hydrogen-bond acceptors (Lipinski definition) is 4. The number of nitrogens with one attached hydrogen (secondary N) is 1. The van der Waals surface area contributed by atoms with Gasteiger partial charge in [-0.25, -0.2) is 5.14 Å². The van der Waals surface area contributed by atoms with Gasteiger partial charge < -0.3 is 10.2 Å². The molecule has 8 heteroatoms. The molecule has 17 heavy (non-hydrogen) atoms. The van der Waals surface area contributed by atoms with Gasteiger partial charge in [0.2, 0.25) is 5.91 Å². The maximum Gasteiger partial charge on any atom is 0.277 e. The van der Waals surface area contributed by atoms with Crippen LogP contribution in [0, 0.1) is 0 Å². The Labute approximate surface area is 101 Å². The lowest BCUT2D eigenvalue weighted by molar-refractivity contribution is -0.134. The molecule has 1 atom stereocenters. The van der Waals surface area contributed by atoms with E-state index in [9.17, 15) is 13.2 Å². The molecule has 0 radical (unpaired) electrons. The van der Waals surface area contributed by atoms with Crippen LogP contribution in [0.1, 0.15) is 12.8 Å². The zero-order chi connectivity index (χ0) is 12.5. The zero-order valence-electron chi connectivity index (χ0n) is 9.63. The number of carbonyl (C=O) groups is 1. The Hall–Kier alpha value is -0.700. The highest BCUT2D eigenvalue weighted by atomic mass is 32.2. The van der Waals surface area contributed by atoms with E-state index in [1.54, 1.807) is 4.90 Å². The molecule has 0 bridgehead atoms. The van der Waals surface area contributed by atoms with Gasteiger partial charge in [0.25, 0.3) is 10.2 Å². The normalized spacial score (nSPS) is 27.4. The van der Waals surface area contributed by atoms with Gasteiger partial charge in [-0.1, -0.05) is 0 Å². The number of hydrogen-bond donors (Lipinski definition) is 2. The van der Waals surface area contributed by atoms with E-state index in [2.05, 4.69) is 5.32 Å². The number of amides is 1. The maximum absolute atomic E-state index is 12.0. The van der Waals surface area contributed by atoms with Crippen LogP contribution in [0.15, 0.2) is 0 Å². The second kappa shape index (κ2) is 4.89. The number of nitrogens with zero attached hydrogens (tertiary/aromatic N) is 2. The van der Waals surface area contributed by atoms with Crippen LogP contribution in [0.4, 0.5) is 0 Å². The van der Waals surface area contributed by atoms with E-state index in [0.29, 0.717) is 13.1 Å². The van der Waals surface area contributed by atoms with E-state index in [1.807, 2.05) is 0 Å². The molecule has 2 aliphatic rings. The smallest absolute Gasteiger partial charge is 0.277 e. The van der Waals surface area contributed by atoms with Gasteiger partial charge in [-0.15, -0.1) is 0 Å². The van der Waals surface area contributed by atoms with Crippen LogP contribution in [-0.2, 0) is 15.0 Å². The largest absolute Gasteiger partial charge is 0.339 e. The molecular weight excluding hydrogens is 244 g/mol. The highest BCUT2D eigenvalue weighted by Crippen LogP contribution is 2.11. The van der Waals surface area contributed by atoms with Crippen molar-refractivity contribution in [2.45, 2.75) is 18.9 Å². The van der Waals surface area contributed by atoms with Crippen LogP contribution < -0.4 is 10.5 Å². The Morgan fingerprint density at radius 1 is 1.24 bits per heavy atom. The average Bonchev–Trinajstić information content (AvgIpc) is 2.80. The topological polar surface area (TPSA) is 95.7 Å². The lowest BCUT2D eigenvalue weighted by atomic mass is 10.2. The van der Waals surface area contributed by atoms with E-state index in [0.717, 1.165) is 19.4 Å². The SMILES string of the molecule is NS(=O)(=O)N1CCN(C(=O)[C@H]2CCCN2)CC1. The van der Waals surface area contributed by atoms with Crippen LogP contribution in [0.5, 0.6) is 0 Å². The van der Waals surface area contributed by atoms with E-state index < -0.39 is 10.2 Å². The molecule has 0 aromatic rings. The minimum absolute atomic E-state index is 0.0802. The highest BCUT2D eigenvalue weighted by Gasteiger charge is 2.31. The molecule has 0 saturated carbocycles. The van der Waals surface area contributed by atoms with Crippen LogP contribution in [0.3, 0.4) is 0 Å². The van der Waals surface area contributed by atoms with Gasteiger partial charge in [0.1, 0.15) is 0 Å². The molecule has 3 N–H and O–H groups in total. The van der Waals surface area contributed by atoms with Gasteiger partial charge in [0.05, 0.1) is 6.04 Å². The molecule has 2 saturated heterocycles. The number of carbonyl (C=O) groups excluding carboxylic acids is 1. The Morgan fingerprint density at radius 3 is 2.35 bits per heavy atom. The third-order valence-corrected chi connectivity index (χ3v) is 4.35. The minimum Gasteiger partial charge on any atom is -0.339 e. The molecule has 0 unspecified atom stereocenters. The average molecular weight is 262 g/mol. The summed E-state index contributed by atoms with van der Waals surface area (Å²) in [6.45, 7) is 2.31. The summed E-state index contributed by atoms with van der Waals surface area (Å²) in [7, 11) is -3.61. The lowest BCUT2D eigenvalue weighted by Gasteiger charge is -2.34. The number of nitrogens with two attached hydrogens (primary N) is 1. The predicted octanol–water partition coefficient (Wildman–Crippen LogP) is -1.91. The fraction of sp³-hybridized carbons (Fsp3) is 0.889. The van der Waals surface area contributed by atoms with Crippen molar-refractivity contribution in [2.24, 2.45) is 5.14 Å². The van der Waals surface area contributed by atoms with Crippen molar-refractivity contribution < 1.29 is 13.2 Å². The first kappa shape index (κ1) is 12.7. The number of piperazine rings is 1. The molecule has 98 valence electrons. The first-order chi connectivity index (χ1) is 7.98. The molecule has 2 aliphatic heterocycles. The summed E-state index contributed by atoms with van der Waals surface area (Å²) in [5.74, 6) is 0.0802. The van der Waals surface area contributed by atoms with Gasteiger partial charge in [-0.3, -0.25) is 4.79 Å². The van der Waals surface area contributed by atoms with Gasteiger partial charge in [-0.05, 0) is 19.4 Å². The van der Waals surface area contributed by atoms with Crippen molar-refractivity contribution in [3.63, 3.8) is 0 Å². The van der Waals surface area contributed by atoms with Crippen molar-refractivity contribution in [3.8, 4) is 0 Å². The van der Waals surface area contributed by atoms with Crippen molar-refractivity contribution in [2.75, 3.05) is 32.7 Å². The monoisotopic (exact) mass is 262 g/mol. The van der Waals surface area contributed by atoms with Crippen molar-refractivity contribution in [1.29, 1.82) is 0 Å². The first-order valence-electron chi connectivity index (χ1n) is 5.78. The summed E-state index contributed by atoms with van der Waals surface area (Å²) >= 11 is 0. The molecule has 2 heterocycles. The molecule has 7 nitrogen and oxygen atoms in total. The van der Waals surface area contributed by atoms with E-state index in [-0.39, 0.29) is 25.0 Å². The van der Waals surface area contributed by atoms with Crippen molar-refractivity contribution >= 4 is 16.1 Å². The predicted molar refractivity (Wildman–Crippen MR) is 62.3 cm³/mol. The Kier molecular flexibility index (Phi) is 3.67. The molecule has 0 aromatic carbocycles. The Morgan fingerprint density at radius 2 is 1.88 bits per heavy atom. The maximum atomic E-state index is 12.0. The van der Waals surface area contributed by atoms with E-state index >= 15 is 0 Å². The minimum atomic E-state index is -3.61. The van der Waals surface area contributed by atoms with Gasteiger partial charge in [0.15, 0.2) is 0 Å². The van der Waals surface area contributed by atoms with E-state index in [4.69, 9.17) is 5.14 Å². The molecule has 1 amide bonds. The standard InChI is InChI=1S/C9H18N4O3S/c10-17(15,16)13-6-4-12(5-7-13)9(14)8-2-1-3-11-8/h8,11H,1-7H2,(H2,10,15,16)/t8-/m1/s1. The summed E-state index contributed by atoms with van der Waals surface area (Å²) in [6, 6.07) is -0.0870. The Balaban J connectivity index is 1.88. The molecule has 0 aliphatic carbocycles. The summed E-state index contributed by atoms with van der Waals surface area (Å²) in [5.41, 5.74) is 0. The van der Waals surface area contributed by atoms with Crippen LogP contribution in [-0.4, -0.2) is 62.3 Å². The van der Waals surface area contributed by atoms with Crippen LogP contribution in [0.2, 0.25) is 0 Å². The van der Waals surface area contributed by atoms with Crippen molar-refractivity contribution in [3.05, 3.63) is 0 Å². The third kappa shape index (κ3) is 2.95. The van der Waals surface area contributed by atoms with E-state index in [1.165, 1.54) is 4.31 Å². The number of rotatable bonds is 2. The van der Waals surface area contributed by atoms with Gasteiger partial charge in [0, 0.05) is 26.2 Å². The molecular formula is C9H18N4O3S. The van der Waals surface area contributed by atoms with Gasteiger partial charge in [-0.2, -0.15) is 12.7 Å². The lowest BCUT2D eigenvalue weighted by Crippen LogP contribution is -2.55. The zero-order valence-corrected chi connectivity index (χ0v) is 10.4. The second-order valence-electron chi connectivity index (χ2n) is 4.42. The van der Waals surface area contributed by atoms with Crippen LogP contribution >= 0.6 is 0 Å². The highest BCUT2D eigenvalue weighted by molar-refractivity contribution is 7.86. The molecule has 0 aromatic heterocycles. The first-order valence-corrected chi connectivity index (χ1v) is 7.29. The fourth-order valence-electron chi connectivity index (χ4n) is 2.28. The van der Waals surface area contributed by atoms with Crippen LogP contribution in [0.25, 0.3) is 0 Å². The molecule has 2 fully saturated rings. The molecule has 0 spiro atoms. The fourth-order valence-corrected chi connectivity index (χ4v) is 2.95. The van der Waals surface area contributed by atoms with Gasteiger partial charge >= 0.3 is 0 Å². The second-order valence-corrected chi connectivity index (χ2v) is 5.96. The molecule has 2 rings (SSSR count). The van der Waals surface area contributed by atoms with Crippen molar-refractivity contribution in [1.82, 2.24) is 14.5 Å². The quantitative estimate of drug-likeness (QED) is 0.607. The third-order valence-electron chi connectivity index (χ3n) is 3.27. The summed E-state index contributed by atoms with van der Waals surface area (Å²) in [5, 5.41) is 8.18. The summed E-state index contributed by atoms with van der Waals surface area (Å²) in [4.78, 5) is 13.7. The summed E-state index contributed by atoms with van der Waals surface area (Å²) in [6.07, 6.45) is 1.89. The summed E-state index contributed by atoms with van der Waals surface area (Å²) < 4.78 is 23.4. The Bertz CT molecular complexity index is 383.